The minimum atomic E-state index is -4.25. The van der Waals surface area contributed by atoms with Gasteiger partial charge in [0.15, 0.2) is 5.76 Å². The third kappa shape index (κ3) is 6.56. The summed E-state index contributed by atoms with van der Waals surface area (Å²) in [5, 5.41) is 18.8. The van der Waals surface area contributed by atoms with Gasteiger partial charge in [-0.2, -0.15) is 0 Å². The van der Waals surface area contributed by atoms with Crippen molar-refractivity contribution in [3.05, 3.63) is 64.6 Å². The van der Waals surface area contributed by atoms with E-state index in [4.69, 9.17) is 13.9 Å². The van der Waals surface area contributed by atoms with Crippen LogP contribution in [0.5, 0.6) is 11.5 Å². The van der Waals surface area contributed by atoms with Gasteiger partial charge in [-0.25, -0.2) is 12.7 Å². The van der Waals surface area contributed by atoms with Crippen LogP contribution in [0, 0.1) is 6.92 Å². The van der Waals surface area contributed by atoms with E-state index < -0.39 is 29.5 Å². The Labute approximate surface area is 255 Å². The zero-order valence-electron chi connectivity index (χ0n) is 24.7. The third-order valence-corrected chi connectivity index (χ3v) is 11.1. The molecule has 0 spiro atoms. The van der Waals surface area contributed by atoms with Crippen LogP contribution in [-0.2, 0) is 10.0 Å². The Morgan fingerprint density at radius 1 is 1.07 bits per heavy atom. The molecule has 226 valence electrons. The van der Waals surface area contributed by atoms with Crippen LogP contribution in [0.25, 0.3) is 17.3 Å². The van der Waals surface area contributed by atoms with Crippen LogP contribution in [-0.4, -0.2) is 67.4 Å². The minimum absolute atomic E-state index is 0.0166. The maximum absolute atomic E-state index is 14.4. The second kappa shape index (κ2) is 12.6. The lowest BCUT2D eigenvalue weighted by Crippen LogP contribution is -2.44. The maximum Gasteiger partial charge on any atom is 0.246 e. The van der Waals surface area contributed by atoms with Gasteiger partial charge in [0, 0.05) is 25.3 Å². The molecule has 0 radical (unpaired) electrons. The molecule has 3 aromatic heterocycles. The average Bonchev–Trinajstić information content (AvgIpc) is 3.57. The summed E-state index contributed by atoms with van der Waals surface area (Å²) >= 11 is 3.33. The number of anilines is 1. The summed E-state index contributed by atoms with van der Waals surface area (Å²) in [6.07, 6.45) is 0.116. The van der Waals surface area contributed by atoms with Crippen LogP contribution in [0.2, 0.25) is 25.7 Å². The SMILES string of the molecule is COc1cccc(OC)c1-n1c(-c2ccc(C)o2)nnc1N(CC[Si](C)(C)C)S(=O)(=O)[C@H](C)[C@H](O)c1ccc(Br)cn1. The van der Waals surface area contributed by atoms with Gasteiger partial charge in [0.2, 0.25) is 21.8 Å². The molecule has 0 saturated carbocycles. The van der Waals surface area contributed by atoms with Crippen molar-refractivity contribution in [2.24, 2.45) is 0 Å². The Hall–Kier alpha value is -3.20. The zero-order chi connectivity index (χ0) is 30.8. The van der Waals surface area contributed by atoms with Gasteiger partial charge in [-0.3, -0.25) is 9.55 Å². The van der Waals surface area contributed by atoms with E-state index in [1.165, 1.54) is 31.6 Å². The Morgan fingerprint density at radius 2 is 1.74 bits per heavy atom. The summed E-state index contributed by atoms with van der Waals surface area (Å²) in [5.41, 5.74) is 0.640. The van der Waals surface area contributed by atoms with Crippen LogP contribution < -0.4 is 13.8 Å². The van der Waals surface area contributed by atoms with E-state index in [1.807, 2.05) is 0 Å². The molecule has 0 aliphatic carbocycles. The van der Waals surface area contributed by atoms with Crippen molar-refractivity contribution in [3.63, 3.8) is 0 Å². The summed E-state index contributed by atoms with van der Waals surface area (Å²) in [6.45, 7) is 9.87. The topological polar surface area (TPSA) is 133 Å². The van der Waals surface area contributed by atoms with Crippen LogP contribution in [0.1, 0.15) is 24.5 Å². The highest BCUT2D eigenvalue weighted by Crippen LogP contribution is 2.40. The Morgan fingerprint density at radius 3 is 2.26 bits per heavy atom. The number of halogens is 1. The molecule has 0 amide bonds. The van der Waals surface area contributed by atoms with Gasteiger partial charge < -0.3 is 19.0 Å². The number of sulfonamides is 1. The summed E-state index contributed by atoms with van der Waals surface area (Å²) in [4.78, 5) is 4.24. The fraction of sp³-hybridized carbons (Fsp3) is 0.393. The molecule has 42 heavy (non-hydrogen) atoms. The first kappa shape index (κ1) is 31.7. The number of aryl methyl sites for hydroxylation is 1. The highest BCUT2D eigenvalue weighted by atomic mass is 79.9. The van der Waals surface area contributed by atoms with E-state index in [0.29, 0.717) is 39.2 Å². The van der Waals surface area contributed by atoms with E-state index >= 15 is 0 Å². The van der Waals surface area contributed by atoms with Crippen LogP contribution in [0.3, 0.4) is 0 Å². The molecule has 4 rings (SSSR count). The number of rotatable bonds is 12. The number of furan rings is 1. The number of nitrogens with zero attached hydrogens (tertiary/aromatic N) is 5. The van der Waals surface area contributed by atoms with Gasteiger partial charge in [0.1, 0.15) is 34.3 Å². The molecule has 0 bridgehead atoms. The Kier molecular flexibility index (Phi) is 9.50. The van der Waals surface area contributed by atoms with E-state index in [9.17, 15) is 13.5 Å². The van der Waals surface area contributed by atoms with E-state index in [-0.39, 0.29) is 24.0 Å². The molecule has 0 aliphatic rings. The molecular weight excluding hydrogens is 642 g/mol. The number of hydrogen-bond acceptors (Lipinski definition) is 9. The van der Waals surface area contributed by atoms with Gasteiger partial charge in [-0.15, -0.1) is 10.2 Å². The number of benzene rings is 1. The molecule has 0 saturated heterocycles. The smallest absolute Gasteiger partial charge is 0.246 e. The third-order valence-electron chi connectivity index (χ3n) is 6.80. The quantitative estimate of drug-likeness (QED) is 0.190. The normalized spacial score (nSPS) is 13.5. The van der Waals surface area contributed by atoms with Crippen molar-refractivity contribution < 1.29 is 27.4 Å². The van der Waals surface area contributed by atoms with Crippen molar-refractivity contribution in [2.75, 3.05) is 25.1 Å². The molecular formula is C28H36BrN5O6SSi. The molecule has 11 nitrogen and oxygen atoms in total. The number of aliphatic hydroxyl groups excluding tert-OH is 1. The summed E-state index contributed by atoms with van der Waals surface area (Å²) < 4.78 is 49.7. The number of methoxy groups -OCH3 is 2. The van der Waals surface area contributed by atoms with Gasteiger partial charge in [-0.1, -0.05) is 25.7 Å². The number of hydrogen-bond donors (Lipinski definition) is 1. The largest absolute Gasteiger partial charge is 0.494 e. The number of aromatic nitrogens is 4. The van der Waals surface area contributed by atoms with Crippen molar-refractivity contribution in [3.8, 4) is 28.8 Å². The lowest BCUT2D eigenvalue weighted by atomic mass is 10.2. The van der Waals surface area contributed by atoms with Crippen LogP contribution in [0.4, 0.5) is 5.95 Å². The number of pyridine rings is 1. The first-order chi connectivity index (χ1) is 19.8. The van der Waals surface area contributed by atoms with Gasteiger partial charge in [0.05, 0.1) is 19.9 Å². The second-order valence-electron chi connectivity index (χ2n) is 11.1. The van der Waals surface area contributed by atoms with Gasteiger partial charge >= 0.3 is 0 Å². The highest BCUT2D eigenvalue weighted by Gasteiger charge is 2.40. The Balaban J connectivity index is 1.96. The van der Waals surface area contributed by atoms with Crippen LogP contribution in [0.15, 0.2) is 57.6 Å². The van der Waals surface area contributed by atoms with Crippen molar-refractivity contribution in [1.29, 1.82) is 0 Å². The number of ether oxygens (including phenoxy) is 2. The van der Waals surface area contributed by atoms with E-state index in [0.717, 1.165) is 0 Å². The Bertz CT molecular complexity index is 1610. The first-order valence-electron chi connectivity index (χ1n) is 13.3. The second-order valence-corrected chi connectivity index (χ2v) is 19.8. The van der Waals surface area contributed by atoms with Crippen molar-refractivity contribution in [2.45, 2.75) is 50.9 Å². The standard InChI is InChI=1S/C28H36BrN5O6SSi/c1-18-11-14-24(40-18)27-31-32-28(34(27)25-22(38-3)9-8-10-23(25)39-4)33(15-16-42(5,6)7)41(36,37)19(2)26(35)21-13-12-20(29)17-30-21/h8-14,17,19,26,35H,15-16H2,1-7H3/t19-,26+/m1/s1. The van der Waals surface area contributed by atoms with E-state index in [2.05, 4.69) is 50.8 Å². The lowest BCUT2D eigenvalue weighted by molar-refractivity contribution is 0.171. The first-order valence-corrected chi connectivity index (χ1v) is 19.3. The van der Waals surface area contributed by atoms with Gasteiger partial charge in [0.25, 0.3) is 0 Å². The monoisotopic (exact) mass is 677 g/mol. The predicted octanol–water partition coefficient (Wildman–Crippen LogP) is 5.61. The molecule has 1 aromatic carbocycles. The zero-order valence-corrected chi connectivity index (χ0v) is 28.1. The van der Waals surface area contributed by atoms with Crippen LogP contribution >= 0.6 is 15.9 Å². The summed E-state index contributed by atoms with van der Waals surface area (Å²) in [6, 6.07) is 12.7. The van der Waals surface area contributed by atoms with E-state index in [1.54, 1.807) is 54.0 Å². The molecule has 3 heterocycles. The highest BCUT2D eigenvalue weighted by molar-refractivity contribution is 9.10. The number of para-hydroxylation sites is 1. The fourth-order valence-electron chi connectivity index (χ4n) is 4.35. The number of aliphatic hydroxyl groups is 1. The molecule has 1 N–H and O–H groups in total. The maximum atomic E-state index is 14.4. The molecule has 0 fully saturated rings. The molecule has 0 unspecified atom stereocenters. The molecule has 0 aliphatic heterocycles. The predicted molar refractivity (Wildman–Crippen MR) is 168 cm³/mol. The van der Waals surface area contributed by atoms with Crippen molar-refractivity contribution >= 4 is 40.0 Å². The van der Waals surface area contributed by atoms with Crippen molar-refractivity contribution in [1.82, 2.24) is 19.7 Å². The average molecular weight is 679 g/mol. The molecule has 14 heteroatoms. The lowest BCUT2D eigenvalue weighted by Gasteiger charge is -2.31. The molecule has 2 atom stereocenters. The summed E-state index contributed by atoms with van der Waals surface area (Å²) in [5.74, 6) is 2.13. The summed E-state index contributed by atoms with van der Waals surface area (Å²) in [7, 11) is -2.98. The molecule has 4 aromatic rings. The minimum Gasteiger partial charge on any atom is -0.494 e. The van der Waals surface area contributed by atoms with Gasteiger partial charge in [-0.05, 0) is 72.2 Å². The fourth-order valence-corrected chi connectivity index (χ4v) is 7.20.